The molecule has 0 atom stereocenters. The van der Waals surface area contributed by atoms with Crippen LogP contribution in [-0.2, 0) is 6.54 Å². The van der Waals surface area contributed by atoms with Crippen LogP contribution in [0.3, 0.4) is 0 Å². The quantitative estimate of drug-likeness (QED) is 0.398. The van der Waals surface area contributed by atoms with E-state index in [-0.39, 0.29) is 0 Å². The molecule has 0 radical (unpaired) electrons. The van der Waals surface area contributed by atoms with Gasteiger partial charge >= 0.3 is 0 Å². The summed E-state index contributed by atoms with van der Waals surface area (Å²) in [5, 5.41) is 7.44. The number of aryl methyl sites for hydroxylation is 2. The van der Waals surface area contributed by atoms with Gasteiger partial charge in [0.1, 0.15) is 17.2 Å². The summed E-state index contributed by atoms with van der Waals surface area (Å²) < 4.78 is 11.0. The SMILES string of the molecule is CC.COc1cc(-c2ccc3ncnc(NCc4nc(C)cs4)c3c2)cc(C)c1OC. The molecule has 0 aliphatic rings. The molecule has 0 saturated carbocycles. The summed E-state index contributed by atoms with van der Waals surface area (Å²) in [6.45, 7) is 8.64. The van der Waals surface area contributed by atoms with Gasteiger partial charge in [-0.3, -0.25) is 0 Å². The van der Waals surface area contributed by atoms with Crippen molar-refractivity contribution in [2.45, 2.75) is 34.2 Å². The Morgan fingerprint density at radius 1 is 0.968 bits per heavy atom. The summed E-state index contributed by atoms with van der Waals surface area (Å²) in [5.41, 5.74) is 5.05. The van der Waals surface area contributed by atoms with Crippen LogP contribution in [0.15, 0.2) is 42.0 Å². The predicted molar refractivity (Wildman–Crippen MR) is 128 cm³/mol. The molecule has 0 amide bonds. The summed E-state index contributed by atoms with van der Waals surface area (Å²) in [7, 11) is 3.30. The first-order chi connectivity index (χ1) is 15.1. The minimum atomic E-state index is 0.629. The summed E-state index contributed by atoms with van der Waals surface area (Å²) >= 11 is 1.64. The van der Waals surface area contributed by atoms with E-state index in [9.17, 15) is 0 Å². The fraction of sp³-hybridized carbons (Fsp3) is 0.292. The minimum Gasteiger partial charge on any atom is -0.493 e. The molecule has 0 saturated heterocycles. The van der Waals surface area contributed by atoms with Crippen molar-refractivity contribution in [1.29, 1.82) is 0 Å². The van der Waals surface area contributed by atoms with Gasteiger partial charge in [-0.15, -0.1) is 11.3 Å². The van der Waals surface area contributed by atoms with Crippen molar-refractivity contribution in [3.8, 4) is 22.6 Å². The van der Waals surface area contributed by atoms with Crippen LogP contribution in [0.1, 0.15) is 30.1 Å². The van der Waals surface area contributed by atoms with Crippen LogP contribution in [0.4, 0.5) is 5.82 Å². The summed E-state index contributed by atoms with van der Waals surface area (Å²) in [4.78, 5) is 13.4. The number of fused-ring (bicyclic) bond motifs is 1. The first kappa shape index (κ1) is 22.5. The van der Waals surface area contributed by atoms with Crippen molar-refractivity contribution in [3.05, 3.63) is 58.3 Å². The largest absolute Gasteiger partial charge is 0.493 e. The average molecular weight is 437 g/mol. The highest BCUT2D eigenvalue weighted by Gasteiger charge is 2.12. The number of anilines is 1. The Morgan fingerprint density at radius 2 is 1.77 bits per heavy atom. The number of rotatable bonds is 6. The highest BCUT2D eigenvalue weighted by molar-refractivity contribution is 7.09. The zero-order valence-corrected chi connectivity index (χ0v) is 19.6. The third-order valence-electron chi connectivity index (χ3n) is 4.71. The zero-order valence-electron chi connectivity index (χ0n) is 18.8. The molecule has 4 aromatic rings. The molecule has 0 bridgehead atoms. The normalized spacial score (nSPS) is 10.4. The number of ether oxygens (including phenoxy) is 2. The molecular formula is C24H28N4O2S. The molecule has 2 aromatic heterocycles. The molecular weight excluding hydrogens is 408 g/mol. The molecule has 1 N–H and O–H groups in total. The maximum Gasteiger partial charge on any atom is 0.163 e. The van der Waals surface area contributed by atoms with Gasteiger partial charge in [0.25, 0.3) is 0 Å². The first-order valence-corrected chi connectivity index (χ1v) is 11.1. The van der Waals surface area contributed by atoms with Gasteiger partial charge in [0, 0.05) is 16.5 Å². The third-order valence-corrected chi connectivity index (χ3v) is 5.67. The van der Waals surface area contributed by atoms with Gasteiger partial charge < -0.3 is 14.8 Å². The number of hydrogen-bond acceptors (Lipinski definition) is 7. The van der Waals surface area contributed by atoms with Crippen LogP contribution in [0.25, 0.3) is 22.0 Å². The molecule has 6 nitrogen and oxygen atoms in total. The molecule has 7 heteroatoms. The second kappa shape index (κ2) is 10.2. The van der Waals surface area contributed by atoms with E-state index in [1.807, 2.05) is 45.2 Å². The van der Waals surface area contributed by atoms with Gasteiger partial charge in [0.15, 0.2) is 11.5 Å². The van der Waals surface area contributed by atoms with E-state index < -0.39 is 0 Å². The number of hydrogen-bond donors (Lipinski definition) is 1. The van der Waals surface area contributed by atoms with Crippen molar-refractivity contribution < 1.29 is 9.47 Å². The van der Waals surface area contributed by atoms with Crippen LogP contribution >= 0.6 is 11.3 Å². The second-order valence-corrected chi connectivity index (χ2v) is 7.66. The molecule has 0 fully saturated rings. The highest BCUT2D eigenvalue weighted by Crippen LogP contribution is 2.37. The maximum atomic E-state index is 5.51. The monoisotopic (exact) mass is 436 g/mol. The van der Waals surface area contributed by atoms with E-state index in [0.717, 1.165) is 49.9 Å². The Kier molecular flexibility index (Phi) is 7.41. The van der Waals surface area contributed by atoms with E-state index in [2.05, 4.69) is 38.5 Å². The van der Waals surface area contributed by atoms with Crippen molar-refractivity contribution in [2.24, 2.45) is 0 Å². The number of thiazole rings is 1. The van der Waals surface area contributed by atoms with Gasteiger partial charge in [-0.2, -0.15) is 0 Å². The smallest absolute Gasteiger partial charge is 0.163 e. The number of aromatic nitrogens is 3. The number of nitrogens with zero attached hydrogens (tertiary/aromatic N) is 3. The summed E-state index contributed by atoms with van der Waals surface area (Å²) in [6, 6.07) is 10.3. The van der Waals surface area contributed by atoms with Crippen LogP contribution in [-0.4, -0.2) is 29.2 Å². The zero-order chi connectivity index (χ0) is 22.4. The van der Waals surface area contributed by atoms with Gasteiger partial charge in [-0.1, -0.05) is 19.9 Å². The topological polar surface area (TPSA) is 69.2 Å². The molecule has 0 aliphatic heterocycles. The lowest BCUT2D eigenvalue weighted by Crippen LogP contribution is -2.02. The van der Waals surface area contributed by atoms with Crippen LogP contribution in [0.2, 0.25) is 0 Å². The van der Waals surface area contributed by atoms with E-state index in [1.54, 1.807) is 31.9 Å². The number of nitrogens with one attached hydrogen (secondary N) is 1. The van der Waals surface area contributed by atoms with E-state index >= 15 is 0 Å². The van der Waals surface area contributed by atoms with Crippen molar-refractivity contribution in [2.75, 3.05) is 19.5 Å². The Hall–Kier alpha value is -3.19. The Labute approximate surface area is 187 Å². The molecule has 162 valence electrons. The van der Waals surface area contributed by atoms with Gasteiger partial charge in [0.05, 0.1) is 26.3 Å². The summed E-state index contributed by atoms with van der Waals surface area (Å²) in [5.74, 6) is 2.26. The van der Waals surface area contributed by atoms with Gasteiger partial charge in [-0.25, -0.2) is 15.0 Å². The average Bonchev–Trinajstić information content (AvgIpc) is 3.23. The van der Waals surface area contributed by atoms with Crippen molar-refractivity contribution in [1.82, 2.24) is 15.0 Å². The fourth-order valence-corrected chi connectivity index (χ4v) is 4.05. The predicted octanol–water partition coefficient (Wildman–Crippen LogP) is 6.03. The number of methoxy groups -OCH3 is 2. The van der Waals surface area contributed by atoms with E-state index in [1.165, 1.54) is 0 Å². The molecule has 0 spiro atoms. The molecule has 2 aromatic carbocycles. The van der Waals surface area contributed by atoms with Crippen LogP contribution < -0.4 is 14.8 Å². The van der Waals surface area contributed by atoms with Gasteiger partial charge in [0.2, 0.25) is 0 Å². The lowest BCUT2D eigenvalue weighted by Gasteiger charge is -2.14. The Balaban J connectivity index is 0.00000132. The van der Waals surface area contributed by atoms with Crippen molar-refractivity contribution in [3.63, 3.8) is 0 Å². The van der Waals surface area contributed by atoms with E-state index in [4.69, 9.17) is 9.47 Å². The Bertz CT molecular complexity index is 1170. The van der Waals surface area contributed by atoms with Crippen molar-refractivity contribution >= 4 is 28.1 Å². The molecule has 31 heavy (non-hydrogen) atoms. The second-order valence-electron chi connectivity index (χ2n) is 6.72. The lowest BCUT2D eigenvalue weighted by molar-refractivity contribution is 0.353. The van der Waals surface area contributed by atoms with Crippen LogP contribution in [0, 0.1) is 13.8 Å². The number of benzene rings is 2. The molecule has 4 rings (SSSR count). The lowest BCUT2D eigenvalue weighted by atomic mass is 10.0. The molecule has 2 heterocycles. The molecule has 0 unspecified atom stereocenters. The maximum absolute atomic E-state index is 5.51. The third kappa shape index (κ3) is 4.94. The Morgan fingerprint density at radius 3 is 2.45 bits per heavy atom. The standard InChI is InChI=1S/C22H22N4O2S.C2H6/c1-13-7-16(9-19(27-3)21(13)28-4)15-5-6-18-17(8-15)22(25-12-24-18)23-10-20-26-14(2)11-29-20;1-2/h5-9,11-12H,10H2,1-4H3,(H,23,24,25);1-2H3. The molecule has 0 aliphatic carbocycles. The summed E-state index contributed by atoms with van der Waals surface area (Å²) in [6.07, 6.45) is 1.58. The first-order valence-electron chi connectivity index (χ1n) is 10.2. The minimum absolute atomic E-state index is 0.629. The fourth-order valence-electron chi connectivity index (χ4n) is 3.34. The van der Waals surface area contributed by atoms with Gasteiger partial charge in [-0.05, 0) is 54.8 Å². The van der Waals surface area contributed by atoms with E-state index in [0.29, 0.717) is 12.3 Å². The highest BCUT2D eigenvalue weighted by atomic mass is 32.1. The van der Waals surface area contributed by atoms with Crippen LogP contribution in [0.5, 0.6) is 11.5 Å².